The second-order valence-electron chi connectivity index (χ2n) is 7.07. The van der Waals surface area contributed by atoms with Gasteiger partial charge in [-0.15, -0.1) is 0 Å². The molecule has 0 unspecified atom stereocenters. The van der Waals surface area contributed by atoms with Crippen molar-refractivity contribution in [2.24, 2.45) is 7.05 Å². The fourth-order valence-corrected chi connectivity index (χ4v) is 3.69. The van der Waals surface area contributed by atoms with Crippen LogP contribution in [0.25, 0.3) is 22.5 Å². The van der Waals surface area contributed by atoms with Crippen LogP contribution in [0.2, 0.25) is 0 Å². The third-order valence-corrected chi connectivity index (χ3v) is 5.08. The summed E-state index contributed by atoms with van der Waals surface area (Å²) in [5.41, 5.74) is 4.29. The number of aromatic nitrogens is 3. The van der Waals surface area contributed by atoms with Crippen LogP contribution < -0.4 is 14.8 Å². The van der Waals surface area contributed by atoms with Crippen molar-refractivity contribution in [3.63, 3.8) is 0 Å². The maximum absolute atomic E-state index is 12.9. The molecule has 8 heteroatoms. The van der Waals surface area contributed by atoms with Gasteiger partial charge in [-0.05, 0) is 43.3 Å². The summed E-state index contributed by atoms with van der Waals surface area (Å²) >= 11 is 0. The van der Waals surface area contributed by atoms with E-state index in [1.165, 1.54) is 0 Å². The van der Waals surface area contributed by atoms with Crippen molar-refractivity contribution in [3.8, 4) is 34.0 Å². The van der Waals surface area contributed by atoms with Crippen LogP contribution >= 0.6 is 0 Å². The molecule has 2 aromatic heterocycles. The predicted molar refractivity (Wildman–Crippen MR) is 114 cm³/mol. The Kier molecular flexibility index (Phi) is 4.66. The molecular weight excluding hydrogens is 396 g/mol. The van der Waals surface area contributed by atoms with Crippen LogP contribution in [0.5, 0.6) is 11.5 Å². The Morgan fingerprint density at radius 1 is 1.19 bits per heavy atom. The number of hydrogen-bond donors (Lipinski definition) is 1. The van der Waals surface area contributed by atoms with Crippen LogP contribution in [0.3, 0.4) is 0 Å². The van der Waals surface area contributed by atoms with Crippen molar-refractivity contribution < 1.29 is 18.8 Å². The molecule has 0 aliphatic carbocycles. The van der Waals surface area contributed by atoms with E-state index in [0.29, 0.717) is 18.0 Å². The lowest BCUT2D eigenvalue weighted by molar-refractivity contribution is 0.101. The Morgan fingerprint density at radius 3 is 2.81 bits per heavy atom. The minimum Gasteiger partial charge on any atom is -0.494 e. The molecule has 0 radical (unpaired) electrons. The lowest BCUT2D eigenvalue weighted by Crippen LogP contribution is -2.16. The van der Waals surface area contributed by atoms with Crippen molar-refractivity contribution >= 4 is 11.8 Å². The van der Waals surface area contributed by atoms with E-state index < -0.39 is 0 Å². The van der Waals surface area contributed by atoms with Gasteiger partial charge >= 0.3 is 0 Å². The Hall–Kier alpha value is -4.07. The van der Waals surface area contributed by atoms with Gasteiger partial charge in [-0.3, -0.25) is 14.8 Å². The fourth-order valence-electron chi connectivity index (χ4n) is 3.69. The normalized spacial score (nSPS) is 11.9. The van der Waals surface area contributed by atoms with Crippen LogP contribution in [-0.4, -0.2) is 27.5 Å². The van der Waals surface area contributed by atoms with Gasteiger partial charge in [0.2, 0.25) is 5.88 Å². The van der Waals surface area contributed by atoms with E-state index in [9.17, 15) is 4.79 Å². The zero-order valence-electron chi connectivity index (χ0n) is 17.1. The first kappa shape index (κ1) is 18.9. The SMILES string of the molecule is CCOc1ccc(-c2cc(NC(=O)c3nn(C)c4c3COc3ccccc3-4)on2)cc1. The maximum atomic E-state index is 12.9. The van der Waals surface area contributed by atoms with Gasteiger partial charge in [0.05, 0.1) is 12.3 Å². The highest BCUT2D eigenvalue weighted by Gasteiger charge is 2.28. The number of nitrogens with zero attached hydrogens (tertiary/aromatic N) is 3. The van der Waals surface area contributed by atoms with Crippen LogP contribution in [0.4, 0.5) is 5.88 Å². The number of aryl methyl sites for hydroxylation is 1. The number of benzene rings is 2. The van der Waals surface area contributed by atoms with Gasteiger partial charge in [0.1, 0.15) is 23.8 Å². The van der Waals surface area contributed by atoms with E-state index in [0.717, 1.165) is 33.9 Å². The molecule has 0 fully saturated rings. The predicted octanol–water partition coefficient (Wildman–Crippen LogP) is 4.29. The second-order valence-corrected chi connectivity index (χ2v) is 7.07. The molecule has 1 amide bonds. The van der Waals surface area contributed by atoms with Crippen molar-refractivity contribution in [3.05, 3.63) is 65.9 Å². The molecule has 1 aliphatic heterocycles. The summed E-state index contributed by atoms with van der Waals surface area (Å²) in [4.78, 5) is 12.9. The first-order valence-electron chi connectivity index (χ1n) is 9.93. The zero-order chi connectivity index (χ0) is 21.4. The number of para-hydroxylation sites is 1. The highest BCUT2D eigenvalue weighted by Crippen LogP contribution is 2.38. The minimum absolute atomic E-state index is 0.241. The topological polar surface area (TPSA) is 91.4 Å². The van der Waals surface area contributed by atoms with Gasteiger partial charge in [-0.2, -0.15) is 5.10 Å². The monoisotopic (exact) mass is 416 g/mol. The van der Waals surface area contributed by atoms with Crippen molar-refractivity contribution in [1.29, 1.82) is 0 Å². The van der Waals surface area contributed by atoms with Crippen molar-refractivity contribution in [2.45, 2.75) is 13.5 Å². The molecule has 0 atom stereocenters. The summed E-state index contributed by atoms with van der Waals surface area (Å²) < 4.78 is 18.3. The smallest absolute Gasteiger partial charge is 0.278 e. The molecule has 156 valence electrons. The first-order chi connectivity index (χ1) is 15.1. The maximum Gasteiger partial charge on any atom is 0.278 e. The molecule has 0 bridgehead atoms. The van der Waals surface area contributed by atoms with E-state index in [2.05, 4.69) is 15.6 Å². The Labute approximate surface area is 178 Å². The van der Waals surface area contributed by atoms with E-state index in [-0.39, 0.29) is 18.4 Å². The van der Waals surface area contributed by atoms with Gasteiger partial charge < -0.3 is 14.0 Å². The number of nitrogens with one attached hydrogen (secondary N) is 1. The van der Waals surface area contributed by atoms with Gasteiger partial charge in [0, 0.05) is 29.8 Å². The van der Waals surface area contributed by atoms with Gasteiger partial charge in [0.15, 0.2) is 5.69 Å². The van der Waals surface area contributed by atoms with Gasteiger partial charge in [-0.25, -0.2) is 0 Å². The lowest BCUT2D eigenvalue weighted by Gasteiger charge is -2.18. The highest BCUT2D eigenvalue weighted by molar-refractivity contribution is 6.04. The Balaban J connectivity index is 1.38. The van der Waals surface area contributed by atoms with Crippen molar-refractivity contribution in [2.75, 3.05) is 11.9 Å². The van der Waals surface area contributed by atoms with E-state index in [1.54, 1.807) is 10.7 Å². The number of hydrogen-bond acceptors (Lipinski definition) is 6. The molecule has 3 heterocycles. The largest absolute Gasteiger partial charge is 0.494 e. The quantitative estimate of drug-likeness (QED) is 0.522. The van der Waals surface area contributed by atoms with Gasteiger partial charge in [-0.1, -0.05) is 17.3 Å². The molecule has 0 saturated heterocycles. The molecule has 1 N–H and O–H groups in total. The molecule has 5 rings (SSSR count). The molecule has 0 spiro atoms. The standard InChI is InChI=1S/C23H20N4O4/c1-3-29-15-10-8-14(9-11-15)18-12-20(31-26-18)24-23(28)21-17-13-30-19-7-5-4-6-16(19)22(17)27(2)25-21/h4-12H,3,13H2,1-2H3,(H,24,28). The summed E-state index contributed by atoms with van der Waals surface area (Å²) in [6.07, 6.45) is 0. The van der Waals surface area contributed by atoms with Crippen LogP contribution in [0.1, 0.15) is 23.0 Å². The molecule has 4 aromatic rings. The molecule has 2 aromatic carbocycles. The number of fused-ring (bicyclic) bond motifs is 3. The minimum atomic E-state index is -0.380. The third kappa shape index (κ3) is 3.42. The number of carbonyl (C=O) groups is 1. The number of amides is 1. The molecule has 31 heavy (non-hydrogen) atoms. The van der Waals surface area contributed by atoms with E-state index in [4.69, 9.17) is 14.0 Å². The number of anilines is 1. The third-order valence-electron chi connectivity index (χ3n) is 5.08. The average Bonchev–Trinajstić information content (AvgIpc) is 3.39. The van der Waals surface area contributed by atoms with Crippen LogP contribution in [0, 0.1) is 0 Å². The lowest BCUT2D eigenvalue weighted by atomic mass is 10.0. The molecule has 0 saturated carbocycles. The number of ether oxygens (including phenoxy) is 2. The zero-order valence-corrected chi connectivity index (χ0v) is 17.1. The molecule has 1 aliphatic rings. The molecular formula is C23H20N4O4. The summed E-state index contributed by atoms with van der Waals surface area (Å²) in [6.45, 7) is 2.81. The number of rotatable bonds is 5. The Bertz CT molecular complexity index is 1260. The summed E-state index contributed by atoms with van der Waals surface area (Å²) in [6, 6.07) is 16.9. The summed E-state index contributed by atoms with van der Waals surface area (Å²) in [5.74, 6) is 1.42. The molecule has 8 nitrogen and oxygen atoms in total. The van der Waals surface area contributed by atoms with Gasteiger partial charge in [0.25, 0.3) is 5.91 Å². The highest BCUT2D eigenvalue weighted by atomic mass is 16.5. The Morgan fingerprint density at radius 2 is 2.00 bits per heavy atom. The van der Waals surface area contributed by atoms with E-state index in [1.807, 2.05) is 62.5 Å². The van der Waals surface area contributed by atoms with Crippen LogP contribution in [-0.2, 0) is 13.7 Å². The summed E-state index contributed by atoms with van der Waals surface area (Å²) in [7, 11) is 1.82. The van der Waals surface area contributed by atoms with E-state index >= 15 is 0 Å². The number of carbonyl (C=O) groups excluding carboxylic acids is 1. The average molecular weight is 416 g/mol. The van der Waals surface area contributed by atoms with Crippen LogP contribution in [0.15, 0.2) is 59.1 Å². The fraction of sp³-hybridized carbons (Fsp3) is 0.174. The summed E-state index contributed by atoms with van der Waals surface area (Å²) in [5, 5.41) is 11.2. The van der Waals surface area contributed by atoms with Crippen molar-refractivity contribution in [1.82, 2.24) is 14.9 Å². The first-order valence-corrected chi connectivity index (χ1v) is 9.93. The second kappa shape index (κ2) is 7.64.